The van der Waals surface area contributed by atoms with Crippen LogP contribution in [0.15, 0.2) is 0 Å². The average molecular weight is 371 g/mol. The summed E-state index contributed by atoms with van der Waals surface area (Å²) in [6.45, 7) is 5.49. The van der Waals surface area contributed by atoms with Crippen LogP contribution in [0.25, 0.3) is 0 Å². The summed E-state index contributed by atoms with van der Waals surface area (Å²) in [6.07, 6.45) is 16.4. The van der Waals surface area contributed by atoms with Gasteiger partial charge >= 0.3 is 11.9 Å². The van der Waals surface area contributed by atoms with Crippen molar-refractivity contribution in [3.8, 4) is 0 Å². The van der Waals surface area contributed by atoms with Crippen LogP contribution in [-0.2, 0) is 19.1 Å². The van der Waals surface area contributed by atoms with E-state index >= 15 is 0 Å². The van der Waals surface area contributed by atoms with Gasteiger partial charge in [-0.2, -0.15) is 0 Å². The van der Waals surface area contributed by atoms with Crippen molar-refractivity contribution < 1.29 is 19.1 Å². The third kappa shape index (κ3) is 19.3. The minimum absolute atomic E-state index is 0.0497. The van der Waals surface area contributed by atoms with E-state index in [1.165, 1.54) is 19.3 Å². The maximum Gasteiger partial charge on any atom is 0.305 e. The smallest absolute Gasteiger partial charge is 0.305 e. The quantitative estimate of drug-likeness (QED) is 0.196. The van der Waals surface area contributed by atoms with Gasteiger partial charge < -0.3 is 9.47 Å². The first kappa shape index (κ1) is 24.9. The molecule has 0 bridgehead atoms. The third-order valence-electron chi connectivity index (χ3n) is 4.53. The first-order valence-electron chi connectivity index (χ1n) is 11.0. The molecule has 0 aliphatic carbocycles. The summed E-state index contributed by atoms with van der Waals surface area (Å²) in [7, 11) is 0. The molecule has 4 nitrogen and oxygen atoms in total. The van der Waals surface area contributed by atoms with Crippen molar-refractivity contribution in [1.82, 2.24) is 0 Å². The van der Waals surface area contributed by atoms with Crippen LogP contribution in [0, 0.1) is 0 Å². The minimum atomic E-state index is -0.0569. The van der Waals surface area contributed by atoms with E-state index in [1.54, 1.807) is 0 Å². The molecule has 0 amide bonds. The molecule has 0 unspecified atom stereocenters. The van der Waals surface area contributed by atoms with E-state index in [0.29, 0.717) is 26.1 Å². The Kier molecular flexibility index (Phi) is 19.4. The number of unbranched alkanes of at least 4 members (excludes halogenated alkanes) is 11. The van der Waals surface area contributed by atoms with Crippen LogP contribution < -0.4 is 0 Å². The van der Waals surface area contributed by atoms with Crippen LogP contribution >= 0.6 is 0 Å². The number of carbonyl (C=O) groups is 2. The van der Waals surface area contributed by atoms with E-state index in [-0.39, 0.29) is 11.9 Å². The van der Waals surface area contributed by atoms with Gasteiger partial charge in [-0.1, -0.05) is 78.1 Å². The standard InChI is InChI=1S/C22H42O4/c1-3-5-7-12-16-20-26-22(24)18-14-11-9-8-10-13-17-21(23)25-19-15-6-4-2/h3-20H2,1-2H3. The van der Waals surface area contributed by atoms with Gasteiger partial charge in [0.05, 0.1) is 13.2 Å². The SMILES string of the molecule is CCCCCCCOC(=O)CCCCCCCCC(=O)OCCCCC. The first-order valence-corrected chi connectivity index (χ1v) is 11.0. The van der Waals surface area contributed by atoms with Crippen molar-refractivity contribution >= 4 is 11.9 Å². The molecule has 0 fully saturated rings. The van der Waals surface area contributed by atoms with Crippen molar-refractivity contribution in [2.75, 3.05) is 13.2 Å². The fourth-order valence-electron chi connectivity index (χ4n) is 2.82. The van der Waals surface area contributed by atoms with Gasteiger partial charge in [0.1, 0.15) is 0 Å². The lowest BCUT2D eigenvalue weighted by atomic mass is 10.1. The molecule has 0 aliphatic heterocycles. The lowest BCUT2D eigenvalue weighted by Gasteiger charge is -2.05. The molecule has 0 heterocycles. The molecule has 0 aliphatic rings. The Morgan fingerprint density at radius 2 is 0.846 bits per heavy atom. The van der Waals surface area contributed by atoms with Gasteiger partial charge in [0, 0.05) is 12.8 Å². The highest BCUT2D eigenvalue weighted by Gasteiger charge is 2.04. The molecule has 0 atom stereocenters. The molecule has 4 heteroatoms. The summed E-state index contributed by atoms with van der Waals surface area (Å²) in [5.41, 5.74) is 0. The zero-order chi connectivity index (χ0) is 19.3. The summed E-state index contributed by atoms with van der Waals surface area (Å²) < 4.78 is 10.4. The topological polar surface area (TPSA) is 52.6 Å². The van der Waals surface area contributed by atoms with Crippen molar-refractivity contribution in [3.05, 3.63) is 0 Å². The molecule has 0 radical (unpaired) electrons. The van der Waals surface area contributed by atoms with Crippen LogP contribution in [0.1, 0.15) is 117 Å². The number of rotatable bonds is 19. The Balaban J connectivity index is 3.25. The third-order valence-corrected chi connectivity index (χ3v) is 4.53. The molecule has 0 saturated carbocycles. The minimum Gasteiger partial charge on any atom is -0.466 e. The molecule has 154 valence electrons. The van der Waals surface area contributed by atoms with E-state index in [0.717, 1.165) is 70.6 Å². The van der Waals surface area contributed by atoms with Crippen molar-refractivity contribution in [2.45, 2.75) is 117 Å². The summed E-state index contributed by atoms with van der Waals surface area (Å²) in [5, 5.41) is 0. The van der Waals surface area contributed by atoms with Gasteiger partial charge in [-0.15, -0.1) is 0 Å². The van der Waals surface area contributed by atoms with Crippen LogP contribution in [0.4, 0.5) is 0 Å². The van der Waals surface area contributed by atoms with Crippen LogP contribution in [0.5, 0.6) is 0 Å². The molecular formula is C22H42O4. The van der Waals surface area contributed by atoms with Gasteiger partial charge in [-0.3, -0.25) is 9.59 Å². The largest absolute Gasteiger partial charge is 0.466 e. The molecule has 26 heavy (non-hydrogen) atoms. The Labute approximate surface area is 161 Å². The van der Waals surface area contributed by atoms with Crippen molar-refractivity contribution in [1.29, 1.82) is 0 Å². The first-order chi connectivity index (χ1) is 12.7. The summed E-state index contributed by atoms with van der Waals surface area (Å²) in [6, 6.07) is 0. The second-order valence-electron chi connectivity index (χ2n) is 7.18. The van der Waals surface area contributed by atoms with E-state index in [4.69, 9.17) is 9.47 Å². The molecule has 0 spiro atoms. The monoisotopic (exact) mass is 370 g/mol. The molecule has 0 aromatic carbocycles. The number of hydrogen-bond donors (Lipinski definition) is 0. The van der Waals surface area contributed by atoms with Crippen LogP contribution in [-0.4, -0.2) is 25.2 Å². The Bertz CT molecular complexity index is 328. The summed E-state index contributed by atoms with van der Waals surface area (Å²) in [4.78, 5) is 23.1. The molecular weight excluding hydrogens is 328 g/mol. The average Bonchev–Trinajstić information content (AvgIpc) is 2.64. The van der Waals surface area contributed by atoms with Crippen LogP contribution in [0.3, 0.4) is 0 Å². The fourth-order valence-corrected chi connectivity index (χ4v) is 2.82. The van der Waals surface area contributed by atoms with Gasteiger partial charge in [-0.25, -0.2) is 0 Å². The molecule has 0 N–H and O–H groups in total. The zero-order valence-electron chi connectivity index (χ0n) is 17.4. The molecule has 0 saturated heterocycles. The van der Waals surface area contributed by atoms with E-state index in [1.807, 2.05) is 0 Å². The van der Waals surface area contributed by atoms with Crippen molar-refractivity contribution in [3.63, 3.8) is 0 Å². The lowest BCUT2D eigenvalue weighted by Crippen LogP contribution is -2.06. The number of ether oxygens (including phenoxy) is 2. The number of hydrogen-bond acceptors (Lipinski definition) is 4. The van der Waals surface area contributed by atoms with Gasteiger partial charge in [0.2, 0.25) is 0 Å². The summed E-state index contributed by atoms with van der Waals surface area (Å²) in [5.74, 6) is -0.107. The molecule has 0 aromatic rings. The zero-order valence-corrected chi connectivity index (χ0v) is 17.4. The summed E-state index contributed by atoms with van der Waals surface area (Å²) >= 11 is 0. The normalized spacial score (nSPS) is 10.7. The van der Waals surface area contributed by atoms with E-state index in [9.17, 15) is 9.59 Å². The van der Waals surface area contributed by atoms with Gasteiger partial charge in [-0.05, 0) is 25.7 Å². The number of carbonyl (C=O) groups excluding carboxylic acids is 2. The predicted molar refractivity (Wildman–Crippen MR) is 107 cm³/mol. The highest BCUT2D eigenvalue weighted by Crippen LogP contribution is 2.10. The molecule has 0 aromatic heterocycles. The maximum absolute atomic E-state index is 11.6. The second kappa shape index (κ2) is 20.3. The Morgan fingerprint density at radius 1 is 0.500 bits per heavy atom. The van der Waals surface area contributed by atoms with E-state index < -0.39 is 0 Å². The fraction of sp³-hybridized carbons (Fsp3) is 0.909. The maximum atomic E-state index is 11.6. The van der Waals surface area contributed by atoms with Crippen LogP contribution in [0.2, 0.25) is 0 Å². The highest BCUT2D eigenvalue weighted by atomic mass is 16.5. The van der Waals surface area contributed by atoms with Gasteiger partial charge in [0.25, 0.3) is 0 Å². The number of esters is 2. The lowest BCUT2D eigenvalue weighted by molar-refractivity contribution is -0.144. The Morgan fingerprint density at radius 3 is 1.35 bits per heavy atom. The Hall–Kier alpha value is -1.06. The van der Waals surface area contributed by atoms with Crippen molar-refractivity contribution in [2.24, 2.45) is 0 Å². The van der Waals surface area contributed by atoms with E-state index in [2.05, 4.69) is 13.8 Å². The predicted octanol–water partition coefficient (Wildman–Crippen LogP) is 6.35. The second-order valence-corrected chi connectivity index (χ2v) is 7.18. The molecule has 0 rings (SSSR count). The van der Waals surface area contributed by atoms with Gasteiger partial charge in [0.15, 0.2) is 0 Å². The highest BCUT2D eigenvalue weighted by molar-refractivity contribution is 5.69.